The van der Waals surface area contributed by atoms with Crippen LogP contribution < -0.4 is 5.32 Å². The van der Waals surface area contributed by atoms with E-state index in [9.17, 15) is 0 Å². The molecule has 0 aliphatic heterocycles. The van der Waals surface area contributed by atoms with E-state index < -0.39 is 0 Å². The summed E-state index contributed by atoms with van der Waals surface area (Å²) in [6.45, 7) is 11.4. The van der Waals surface area contributed by atoms with Crippen LogP contribution in [0.15, 0.2) is 0 Å². The molecule has 1 N–H and O–H groups in total. The molecule has 0 amide bonds. The molecule has 1 rings (SSSR count). The number of hydrogen-bond donors (Lipinski definition) is 1. The predicted octanol–water partition coefficient (Wildman–Crippen LogP) is 4.00. The largest absolute Gasteiger partial charge is 0.375 e. The van der Waals surface area contributed by atoms with Crippen molar-refractivity contribution >= 4 is 0 Å². The molecule has 1 fully saturated rings. The fraction of sp³-hybridized carbons (Fsp3) is 1.00. The highest BCUT2D eigenvalue weighted by Crippen LogP contribution is 2.26. The van der Waals surface area contributed by atoms with Crippen LogP contribution in [0.2, 0.25) is 0 Å². The molecule has 0 spiro atoms. The van der Waals surface area contributed by atoms with Gasteiger partial charge in [0.1, 0.15) is 0 Å². The van der Waals surface area contributed by atoms with Gasteiger partial charge in [0.25, 0.3) is 0 Å². The van der Waals surface area contributed by atoms with Gasteiger partial charge in [-0.05, 0) is 57.5 Å². The molecular weight excluding hydrogens is 222 g/mol. The Morgan fingerprint density at radius 1 is 1.22 bits per heavy atom. The second kappa shape index (κ2) is 8.92. The van der Waals surface area contributed by atoms with Gasteiger partial charge in [-0.3, -0.25) is 0 Å². The van der Waals surface area contributed by atoms with E-state index in [4.69, 9.17) is 4.74 Å². The van der Waals surface area contributed by atoms with Crippen molar-refractivity contribution in [2.45, 2.75) is 78.4 Å². The van der Waals surface area contributed by atoms with Crippen molar-refractivity contribution in [2.24, 2.45) is 11.8 Å². The third-order valence-corrected chi connectivity index (χ3v) is 3.83. The van der Waals surface area contributed by atoms with E-state index >= 15 is 0 Å². The second-order valence-corrected chi connectivity index (χ2v) is 6.58. The van der Waals surface area contributed by atoms with E-state index in [1.807, 2.05) is 0 Å². The van der Waals surface area contributed by atoms with Crippen molar-refractivity contribution < 1.29 is 4.74 Å². The average Bonchev–Trinajstić information content (AvgIpc) is 2.28. The molecular formula is C16H33NO. The lowest BCUT2D eigenvalue weighted by Gasteiger charge is -2.29. The molecule has 1 saturated carbocycles. The minimum Gasteiger partial charge on any atom is -0.375 e. The minimum absolute atomic E-state index is 0.432. The number of rotatable bonds is 8. The van der Waals surface area contributed by atoms with Crippen LogP contribution >= 0.6 is 0 Å². The molecule has 2 heteroatoms. The van der Waals surface area contributed by atoms with Gasteiger partial charge in [-0.1, -0.05) is 33.6 Å². The SMILES string of the molecule is CC(C)CNCCCC(C)OC1CCCC(C)C1. The molecule has 0 saturated heterocycles. The average molecular weight is 255 g/mol. The van der Waals surface area contributed by atoms with E-state index in [-0.39, 0.29) is 0 Å². The third kappa shape index (κ3) is 7.38. The summed E-state index contributed by atoms with van der Waals surface area (Å²) in [5.41, 5.74) is 0. The normalized spacial score (nSPS) is 26.5. The lowest BCUT2D eigenvalue weighted by Crippen LogP contribution is -2.26. The Balaban J connectivity index is 2.01. The summed E-state index contributed by atoms with van der Waals surface area (Å²) >= 11 is 0. The van der Waals surface area contributed by atoms with Crippen LogP contribution in [0.4, 0.5) is 0 Å². The number of nitrogens with one attached hydrogen (secondary N) is 1. The van der Waals surface area contributed by atoms with Gasteiger partial charge >= 0.3 is 0 Å². The van der Waals surface area contributed by atoms with Crippen LogP contribution in [0.25, 0.3) is 0 Å². The fourth-order valence-corrected chi connectivity index (χ4v) is 2.80. The predicted molar refractivity (Wildman–Crippen MR) is 78.9 cm³/mol. The fourth-order valence-electron chi connectivity index (χ4n) is 2.80. The molecule has 3 unspecified atom stereocenters. The maximum Gasteiger partial charge on any atom is 0.0581 e. The van der Waals surface area contributed by atoms with Crippen LogP contribution in [0, 0.1) is 11.8 Å². The Bertz CT molecular complexity index is 205. The van der Waals surface area contributed by atoms with E-state index in [0.29, 0.717) is 12.2 Å². The second-order valence-electron chi connectivity index (χ2n) is 6.58. The van der Waals surface area contributed by atoms with Crippen molar-refractivity contribution in [3.05, 3.63) is 0 Å². The maximum atomic E-state index is 6.16. The summed E-state index contributed by atoms with van der Waals surface area (Å²) in [5.74, 6) is 1.62. The Morgan fingerprint density at radius 3 is 2.67 bits per heavy atom. The Kier molecular flexibility index (Phi) is 7.92. The van der Waals surface area contributed by atoms with Gasteiger partial charge in [0.15, 0.2) is 0 Å². The van der Waals surface area contributed by atoms with Crippen molar-refractivity contribution in [2.75, 3.05) is 13.1 Å². The molecule has 1 aliphatic rings. The van der Waals surface area contributed by atoms with Gasteiger partial charge in [-0.2, -0.15) is 0 Å². The molecule has 18 heavy (non-hydrogen) atoms. The molecule has 108 valence electrons. The van der Waals surface area contributed by atoms with Crippen LogP contribution in [-0.4, -0.2) is 25.3 Å². The minimum atomic E-state index is 0.432. The lowest BCUT2D eigenvalue weighted by atomic mass is 9.88. The standard InChI is InChI=1S/C16H33NO/c1-13(2)12-17-10-6-8-15(4)18-16-9-5-7-14(3)11-16/h13-17H,5-12H2,1-4H3. The first-order chi connectivity index (χ1) is 8.58. The first kappa shape index (κ1) is 16.0. The van der Waals surface area contributed by atoms with E-state index in [1.165, 1.54) is 38.5 Å². The van der Waals surface area contributed by atoms with Gasteiger partial charge < -0.3 is 10.1 Å². The molecule has 0 heterocycles. The molecule has 0 radical (unpaired) electrons. The molecule has 0 aromatic rings. The highest BCUT2D eigenvalue weighted by molar-refractivity contribution is 4.71. The topological polar surface area (TPSA) is 21.3 Å². The Morgan fingerprint density at radius 2 is 2.00 bits per heavy atom. The number of ether oxygens (including phenoxy) is 1. The van der Waals surface area contributed by atoms with Crippen molar-refractivity contribution in [3.8, 4) is 0 Å². The maximum absolute atomic E-state index is 6.16. The van der Waals surface area contributed by atoms with Gasteiger partial charge in [-0.25, -0.2) is 0 Å². The van der Waals surface area contributed by atoms with Crippen LogP contribution in [0.5, 0.6) is 0 Å². The molecule has 2 nitrogen and oxygen atoms in total. The molecule has 0 bridgehead atoms. The summed E-state index contributed by atoms with van der Waals surface area (Å²) in [7, 11) is 0. The molecule has 1 aliphatic carbocycles. The molecule has 0 aromatic heterocycles. The zero-order valence-corrected chi connectivity index (χ0v) is 12.9. The summed E-state index contributed by atoms with van der Waals surface area (Å²) in [4.78, 5) is 0. The zero-order valence-electron chi connectivity index (χ0n) is 12.9. The van der Waals surface area contributed by atoms with E-state index in [0.717, 1.165) is 24.9 Å². The summed E-state index contributed by atoms with van der Waals surface area (Å²) in [6.07, 6.45) is 8.69. The van der Waals surface area contributed by atoms with Crippen molar-refractivity contribution in [1.82, 2.24) is 5.32 Å². The molecule has 3 atom stereocenters. The van der Waals surface area contributed by atoms with Gasteiger partial charge in [-0.15, -0.1) is 0 Å². The highest BCUT2D eigenvalue weighted by Gasteiger charge is 2.20. The van der Waals surface area contributed by atoms with Crippen molar-refractivity contribution in [1.29, 1.82) is 0 Å². The zero-order chi connectivity index (χ0) is 13.4. The van der Waals surface area contributed by atoms with Crippen LogP contribution in [-0.2, 0) is 4.74 Å². The first-order valence-electron chi connectivity index (χ1n) is 7.94. The third-order valence-electron chi connectivity index (χ3n) is 3.83. The van der Waals surface area contributed by atoms with Gasteiger partial charge in [0.05, 0.1) is 12.2 Å². The Hall–Kier alpha value is -0.0800. The van der Waals surface area contributed by atoms with Gasteiger partial charge in [0.2, 0.25) is 0 Å². The molecule has 0 aromatic carbocycles. The van der Waals surface area contributed by atoms with Crippen LogP contribution in [0.3, 0.4) is 0 Å². The van der Waals surface area contributed by atoms with E-state index in [1.54, 1.807) is 0 Å². The lowest BCUT2D eigenvalue weighted by molar-refractivity contribution is -0.0339. The summed E-state index contributed by atoms with van der Waals surface area (Å²) in [5, 5.41) is 3.50. The highest BCUT2D eigenvalue weighted by atomic mass is 16.5. The number of hydrogen-bond acceptors (Lipinski definition) is 2. The summed E-state index contributed by atoms with van der Waals surface area (Å²) in [6, 6.07) is 0. The van der Waals surface area contributed by atoms with Gasteiger partial charge in [0, 0.05) is 0 Å². The van der Waals surface area contributed by atoms with Crippen LogP contribution in [0.1, 0.15) is 66.2 Å². The summed E-state index contributed by atoms with van der Waals surface area (Å²) < 4.78 is 6.16. The first-order valence-corrected chi connectivity index (χ1v) is 7.94. The van der Waals surface area contributed by atoms with E-state index in [2.05, 4.69) is 33.0 Å². The smallest absolute Gasteiger partial charge is 0.0581 e. The quantitative estimate of drug-likeness (QED) is 0.662. The monoisotopic (exact) mass is 255 g/mol. The van der Waals surface area contributed by atoms with Crippen molar-refractivity contribution in [3.63, 3.8) is 0 Å². The Labute approximate surface area is 114 Å².